The Balaban J connectivity index is 2.27. The number of carbonyl (C=O) groups is 1. The largest absolute Gasteiger partial charge is 0.392 e. The Morgan fingerprint density at radius 1 is 1.33 bits per heavy atom. The molecule has 1 amide bonds. The van der Waals surface area contributed by atoms with Crippen LogP contribution in [0, 0.1) is 17.0 Å². The van der Waals surface area contributed by atoms with E-state index in [1.54, 1.807) is 0 Å². The van der Waals surface area contributed by atoms with Crippen LogP contribution in [0.4, 0.5) is 14.5 Å². The maximum absolute atomic E-state index is 13.8. The molecule has 0 spiro atoms. The van der Waals surface area contributed by atoms with Gasteiger partial charge >= 0.3 is 0 Å². The van der Waals surface area contributed by atoms with Crippen LogP contribution in [0.1, 0.15) is 12.8 Å². The van der Waals surface area contributed by atoms with Crippen LogP contribution in [-0.2, 0) is 9.53 Å². The van der Waals surface area contributed by atoms with Gasteiger partial charge in [-0.05, 0) is 34.8 Å². The maximum atomic E-state index is 13.8. The molecule has 0 bridgehead atoms. The van der Waals surface area contributed by atoms with E-state index in [1.165, 1.54) is 0 Å². The lowest BCUT2D eigenvalue weighted by molar-refractivity contribution is -0.126. The van der Waals surface area contributed by atoms with Crippen molar-refractivity contribution in [2.24, 2.45) is 11.1 Å². The van der Waals surface area contributed by atoms with Crippen LogP contribution in [0.2, 0.25) is 0 Å². The van der Waals surface area contributed by atoms with Crippen molar-refractivity contribution in [2.75, 3.05) is 18.5 Å². The fourth-order valence-electron chi connectivity index (χ4n) is 2.17. The molecule has 0 atom stereocenters. The van der Waals surface area contributed by atoms with Gasteiger partial charge in [0, 0.05) is 19.3 Å². The van der Waals surface area contributed by atoms with E-state index in [0.29, 0.717) is 26.1 Å². The lowest BCUT2D eigenvalue weighted by atomic mass is 9.79. The van der Waals surface area contributed by atoms with E-state index in [0.717, 1.165) is 12.1 Å². The minimum absolute atomic E-state index is 0.0203. The predicted molar refractivity (Wildman–Crippen MR) is 82.0 cm³/mol. The number of carbonyl (C=O) groups excluding carboxylic acids is 1. The normalized spacial score (nSPS) is 17.3. The van der Waals surface area contributed by atoms with Crippen LogP contribution in [0.3, 0.4) is 0 Å². The molecule has 0 aliphatic carbocycles. The number of hydrogen-bond acceptors (Lipinski definition) is 3. The summed E-state index contributed by atoms with van der Waals surface area (Å²) in [5.41, 5.74) is 4.35. The van der Waals surface area contributed by atoms with Crippen LogP contribution in [0.5, 0.6) is 0 Å². The number of amides is 1. The number of benzene rings is 1. The lowest BCUT2D eigenvalue weighted by Crippen LogP contribution is -2.49. The first-order valence-electron chi connectivity index (χ1n) is 6.20. The molecule has 0 aromatic heterocycles. The van der Waals surface area contributed by atoms with Gasteiger partial charge in [-0.15, -0.1) is 0 Å². The van der Waals surface area contributed by atoms with Gasteiger partial charge in [0.05, 0.1) is 15.1 Å². The molecule has 0 radical (unpaired) electrons. The van der Waals surface area contributed by atoms with Gasteiger partial charge < -0.3 is 15.8 Å². The fraction of sp³-hybridized carbons (Fsp3) is 0.385. The number of anilines is 1. The minimum Gasteiger partial charge on any atom is -0.392 e. The Hall–Kier alpha value is -1.12. The topological polar surface area (TPSA) is 64.4 Å². The van der Waals surface area contributed by atoms with Crippen LogP contribution in [0.15, 0.2) is 16.6 Å². The third kappa shape index (κ3) is 3.22. The van der Waals surface area contributed by atoms with Gasteiger partial charge in [-0.25, -0.2) is 8.78 Å². The molecule has 1 aliphatic rings. The molecule has 114 valence electrons. The Labute approximate surface area is 134 Å². The van der Waals surface area contributed by atoms with Gasteiger partial charge in [-0.2, -0.15) is 0 Å². The lowest BCUT2D eigenvalue weighted by Gasteiger charge is -2.34. The number of nitrogens with two attached hydrogens (primary N) is 1. The molecule has 0 saturated carbocycles. The van der Waals surface area contributed by atoms with Crippen molar-refractivity contribution in [2.45, 2.75) is 12.8 Å². The Bertz CT molecular complexity index is 592. The maximum Gasteiger partial charge on any atom is 0.237 e. The monoisotopic (exact) mass is 378 g/mol. The van der Waals surface area contributed by atoms with E-state index < -0.39 is 23.0 Å². The zero-order valence-corrected chi connectivity index (χ0v) is 13.3. The summed E-state index contributed by atoms with van der Waals surface area (Å²) in [5.74, 6) is -1.97. The van der Waals surface area contributed by atoms with Crippen molar-refractivity contribution in [1.82, 2.24) is 0 Å². The van der Waals surface area contributed by atoms with Crippen LogP contribution in [0.25, 0.3) is 0 Å². The molecule has 2 rings (SSSR count). The zero-order chi connectivity index (χ0) is 15.6. The number of rotatable bonds is 3. The first kappa shape index (κ1) is 16.3. The molecular weight excluding hydrogens is 366 g/mol. The van der Waals surface area contributed by atoms with Gasteiger partial charge in [0.1, 0.15) is 17.0 Å². The van der Waals surface area contributed by atoms with E-state index in [-0.39, 0.29) is 15.1 Å². The number of halogens is 3. The highest BCUT2D eigenvalue weighted by atomic mass is 79.9. The van der Waals surface area contributed by atoms with E-state index in [1.807, 2.05) is 0 Å². The summed E-state index contributed by atoms with van der Waals surface area (Å²) in [4.78, 5) is 12.5. The Morgan fingerprint density at radius 3 is 2.52 bits per heavy atom. The molecule has 21 heavy (non-hydrogen) atoms. The summed E-state index contributed by atoms with van der Waals surface area (Å²) in [6.45, 7) is 0.671. The summed E-state index contributed by atoms with van der Waals surface area (Å²) in [5, 5.41) is 2.37. The highest BCUT2D eigenvalue weighted by Gasteiger charge is 2.43. The van der Waals surface area contributed by atoms with Crippen LogP contribution < -0.4 is 11.1 Å². The summed E-state index contributed by atoms with van der Waals surface area (Å²) < 4.78 is 32.4. The van der Waals surface area contributed by atoms with Crippen molar-refractivity contribution in [3.8, 4) is 0 Å². The SMILES string of the molecule is NC(=S)C1(C(=O)Nc2cc(F)c(Br)cc2F)CCOCC1. The number of ether oxygens (including phenoxy) is 1. The average Bonchev–Trinajstić information content (AvgIpc) is 2.45. The second kappa shape index (κ2) is 6.33. The van der Waals surface area contributed by atoms with Gasteiger partial charge in [0.25, 0.3) is 0 Å². The summed E-state index contributed by atoms with van der Waals surface area (Å²) in [6.07, 6.45) is 0.629. The number of nitrogens with one attached hydrogen (secondary N) is 1. The van der Waals surface area contributed by atoms with Gasteiger partial charge in [0.15, 0.2) is 0 Å². The first-order chi connectivity index (χ1) is 9.86. The predicted octanol–water partition coefficient (Wildman–Crippen LogP) is 2.75. The third-order valence-electron chi connectivity index (χ3n) is 3.51. The summed E-state index contributed by atoms with van der Waals surface area (Å²) >= 11 is 7.86. The molecule has 4 nitrogen and oxygen atoms in total. The van der Waals surface area contributed by atoms with Crippen LogP contribution >= 0.6 is 28.1 Å². The molecule has 1 fully saturated rings. The van der Waals surface area contributed by atoms with Gasteiger partial charge in [-0.1, -0.05) is 12.2 Å². The standard InChI is InChI=1S/C13H13BrF2N2O2S/c14-7-5-9(16)10(6-8(7)15)18-12(19)13(11(17)21)1-3-20-4-2-13/h5-6H,1-4H2,(H2,17,21)(H,18,19). The quantitative estimate of drug-likeness (QED) is 0.626. The molecular formula is C13H13BrF2N2O2S. The Morgan fingerprint density at radius 2 is 1.95 bits per heavy atom. The second-order valence-electron chi connectivity index (χ2n) is 4.76. The number of thiocarbonyl (C=S) groups is 1. The highest BCUT2D eigenvalue weighted by Crippen LogP contribution is 2.33. The molecule has 8 heteroatoms. The average molecular weight is 379 g/mol. The molecule has 0 unspecified atom stereocenters. The van der Waals surface area contributed by atoms with Gasteiger partial charge in [0.2, 0.25) is 5.91 Å². The summed E-state index contributed by atoms with van der Waals surface area (Å²) in [7, 11) is 0. The molecule has 1 saturated heterocycles. The van der Waals surface area contributed by atoms with Crippen molar-refractivity contribution in [3.05, 3.63) is 28.2 Å². The van der Waals surface area contributed by atoms with Crippen molar-refractivity contribution in [1.29, 1.82) is 0 Å². The molecule has 1 heterocycles. The smallest absolute Gasteiger partial charge is 0.237 e. The van der Waals surface area contributed by atoms with Crippen molar-refractivity contribution in [3.63, 3.8) is 0 Å². The fourth-order valence-corrected chi connectivity index (χ4v) is 2.78. The van der Waals surface area contributed by atoms with E-state index in [4.69, 9.17) is 22.7 Å². The molecule has 1 aromatic rings. The van der Waals surface area contributed by atoms with Crippen molar-refractivity contribution >= 4 is 44.7 Å². The summed E-state index contributed by atoms with van der Waals surface area (Å²) in [6, 6.07) is 1.85. The zero-order valence-electron chi connectivity index (χ0n) is 10.9. The van der Waals surface area contributed by atoms with Gasteiger partial charge in [-0.3, -0.25) is 4.79 Å². The van der Waals surface area contributed by atoms with E-state index in [9.17, 15) is 13.6 Å². The highest BCUT2D eigenvalue weighted by molar-refractivity contribution is 9.10. The van der Waals surface area contributed by atoms with E-state index >= 15 is 0 Å². The molecule has 1 aromatic carbocycles. The molecule has 3 N–H and O–H groups in total. The van der Waals surface area contributed by atoms with Crippen molar-refractivity contribution < 1.29 is 18.3 Å². The Kier molecular flexibility index (Phi) is 4.90. The second-order valence-corrected chi connectivity index (χ2v) is 6.05. The van der Waals surface area contributed by atoms with Crippen LogP contribution in [-0.4, -0.2) is 24.1 Å². The van der Waals surface area contributed by atoms with E-state index in [2.05, 4.69) is 21.2 Å². The first-order valence-corrected chi connectivity index (χ1v) is 7.40. The molecule has 1 aliphatic heterocycles. The minimum atomic E-state index is -1.09. The number of hydrogen-bond donors (Lipinski definition) is 2. The third-order valence-corrected chi connectivity index (χ3v) is 4.51.